The van der Waals surface area contributed by atoms with Gasteiger partial charge in [-0.3, -0.25) is 9.59 Å². The molecule has 1 aliphatic carbocycles. The third-order valence-electron chi connectivity index (χ3n) is 5.77. The lowest BCUT2D eigenvalue weighted by atomic mass is 10.0. The van der Waals surface area contributed by atoms with E-state index in [-0.39, 0.29) is 23.0 Å². The van der Waals surface area contributed by atoms with Crippen molar-refractivity contribution >= 4 is 51.6 Å². The Labute approximate surface area is 213 Å². The number of carbonyl (C=O) groups is 3. The molecule has 8 heteroatoms. The SMILES string of the molecule is CCC(Sc1cccc(NC(=O)C2CC2)c1)C(=O)Nc1scc(-c2ccc(C)cc2)c1C(=O)OC. The number of thioether (sulfide) groups is 1. The fourth-order valence-corrected chi connectivity index (χ4v) is 5.59. The van der Waals surface area contributed by atoms with Gasteiger partial charge >= 0.3 is 5.97 Å². The van der Waals surface area contributed by atoms with Crippen molar-refractivity contribution in [3.05, 3.63) is 65.0 Å². The number of hydrogen-bond donors (Lipinski definition) is 2. The zero-order valence-corrected chi connectivity index (χ0v) is 21.6. The summed E-state index contributed by atoms with van der Waals surface area (Å²) in [5, 5.41) is 7.87. The van der Waals surface area contributed by atoms with Crippen molar-refractivity contribution < 1.29 is 19.1 Å². The van der Waals surface area contributed by atoms with Crippen LogP contribution in [-0.4, -0.2) is 30.1 Å². The Bertz CT molecular complexity index is 1230. The number of carbonyl (C=O) groups excluding carboxylic acids is 3. The van der Waals surface area contributed by atoms with Gasteiger partial charge in [-0.1, -0.05) is 42.8 Å². The summed E-state index contributed by atoms with van der Waals surface area (Å²) < 4.78 is 5.03. The number of methoxy groups -OCH3 is 1. The summed E-state index contributed by atoms with van der Waals surface area (Å²) in [5.74, 6) is -0.501. The predicted octanol–water partition coefficient (Wildman–Crippen LogP) is 6.37. The van der Waals surface area contributed by atoms with Gasteiger partial charge in [0.2, 0.25) is 11.8 Å². The quantitative estimate of drug-likeness (QED) is 0.259. The van der Waals surface area contributed by atoms with Crippen molar-refractivity contribution in [2.24, 2.45) is 5.92 Å². The van der Waals surface area contributed by atoms with Crippen LogP contribution in [0.2, 0.25) is 0 Å². The molecule has 2 aromatic carbocycles. The van der Waals surface area contributed by atoms with Crippen molar-refractivity contribution in [2.75, 3.05) is 17.7 Å². The molecule has 0 spiro atoms. The van der Waals surface area contributed by atoms with E-state index in [4.69, 9.17) is 4.74 Å². The number of amides is 2. The second-order valence-electron chi connectivity index (χ2n) is 8.51. The fraction of sp³-hybridized carbons (Fsp3) is 0.296. The Morgan fingerprint density at radius 1 is 1.11 bits per heavy atom. The molecule has 2 N–H and O–H groups in total. The first kappa shape index (κ1) is 25.0. The van der Waals surface area contributed by atoms with Crippen LogP contribution in [0.25, 0.3) is 11.1 Å². The molecule has 1 atom stereocenters. The molecule has 0 bridgehead atoms. The van der Waals surface area contributed by atoms with E-state index in [1.807, 2.05) is 67.8 Å². The van der Waals surface area contributed by atoms with Gasteiger partial charge < -0.3 is 15.4 Å². The maximum atomic E-state index is 13.2. The number of ether oxygens (including phenoxy) is 1. The highest BCUT2D eigenvalue weighted by Crippen LogP contribution is 2.37. The van der Waals surface area contributed by atoms with E-state index in [1.165, 1.54) is 30.2 Å². The van der Waals surface area contributed by atoms with E-state index in [0.29, 0.717) is 17.0 Å². The van der Waals surface area contributed by atoms with Crippen molar-refractivity contribution in [3.8, 4) is 11.1 Å². The lowest BCUT2D eigenvalue weighted by molar-refractivity contribution is -0.117. The predicted molar refractivity (Wildman–Crippen MR) is 142 cm³/mol. The molecule has 182 valence electrons. The van der Waals surface area contributed by atoms with Crippen LogP contribution >= 0.6 is 23.1 Å². The molecule has 1 aliphatic rings. The van der Waals surface area contributed by atoms with Crippen molar-refractivity contribution in [1.82, 2.24) is 0 Å². The van der Waals surface area contributed by atoms with E-state index < -0.39 is 5.97 Å². The number of thiophene rings is 1. The van der Waals surface area contributed by atoms with Gasteiger partial charge in [0.15, 0.2) is 0 Å². The number of nitrogens with one attached hydrogen (secondary N) is 2. The minimum atomic E-state index is -0.489. The fourth-order valence-electron chi connectivity index (χ4n) is 3.62. The number of rotatable bonds is 9. The van der Waals surface area contributed by atoms with E-state index in [0.717, 1.165) is 40.1 Å². The van der Waals surface area contributed by atoms with Crippen LogP contribution < -0.4 is 10.6 Å². The monoisotopic (exact) mass is 508 g/mol. The lowest BCUT2D eigenvalue weighted by Gasteiger charge is -2.16. The first-order valence-electron chi connectivity index (χ1n) is 11.5. The lowest BCUT2D eigenvalue weighted by Crippen LogP contribution is -2.25. The molecule has 0 aliphatic heterocycles. The molecule has 0 saturated heterocycles. The number of esters is 1. The summed E-state index contributed by atoms with van der Waals surface area (Å²) in [7, 11) is 1.34. The molecule has 6 nitrogen and oxygen atoms in total. The largest absolute Gasteiger partial charge is 0.465 e. The van der Waals surface area contributed by atoms with Gasteiger partial charge in [-0.15, -0.1) is 23.1 Å². The summed E-state index contributed by atoms with van der Waals surface area (Å²) in [6, 6.07) is 15.4. The van der Waals surface area contributed by atoms with E-state index >= 15 is 0 Å². The van der Waals surface area contributed by atoms with Gasteiger partial charge in [0, 0.05) is 27.4 Å². The molecule has 1 fully saturated rings. The van der Waals surface area contributed by atoms with Crippen molar-refractivity contribution in [1.29, 1.82) is 0 Å². The highest BCUT2D eigenvalue weighted by Gasteiger charge is 2.30. The first-order chi connectivity index (χ1) is 16.9. The Morgan fingerprint density at radius 2 is 1.86 bits per heavy atom. The second kappa shape index (κ2) is 11.1. The molecule has 1 aromatic heterocycles. The van der Waals surface area contributed by atoms with Crippen LogP contribution in [-0.2, 0) is 14.3 Å². The van der Waals surface area contributed by atoms with Crippen LogP contribution in [0, 0.1) is 12.8 Å². The van der Waals surface area contributed by atoms with E-state index in [9.17, 15) is 14.4 Å². The number of benzene rings is 2. The minimum Gasteiger partial charge on any atom is -0.465 e. The molecule has 2 amide bonds. The molecule has 1 heterocycles. The second-order valence-corrected chi connectivity index (χ2v) is 10.7. The van der Waals surface area contributed by atoms with Gasteiger partial charge in [0.05, 0.1) is 12.4 Å². The average Bonchev–Trinajstić information content (AvgIpc) is 3.63. The minimum absolute atomic E-state index is 0.0503. The Kier molecular flexibility index (Phi) is 7.93. The van der Waals surface area contributed by atoms with Gasteiger partial charge in [-0.2, -0.15) is 0 Å². The third-order valence-corrected chi connectivity index (χ3v) is 8.02. The molecule has 3 aromatic rings. The zero-order valence-electron chi connectivity index (χ0n) is 19.9. The Morgan fingerprint density at radius 3 is 2.51 bits per heavy atom. The summed E-state index contributed by atoms with van der Waals surface area (Å²) in [4.78, 5) is 38.8. The van der Waals surface area contributed by atoms with Crippen molar-refractivity contribution in [2.45, 2.75) is 43.3 Å². The molecule has 35 heavy (non-hydrogen) atoms. The maximum Gasteiger partial charge on any atom is 0.341 e. The van der Waals surface area contributed by atoms with Crippen LogP contribution in [0.1, 0.15) is 42.1 Å². The van der Waals surface area contributed by atoms with Crippen LogP contribution in [0.3, 0.4) is 0 Å². The highest BCUT2D eigenvalue weighted by molar-refractivity contribution is 8.00. The molecule has 0 radical (unpaired) electrons. The first-order valence-corrected chi connectivity index (χ1v) is 13.3. The normalized spacial score (nSPS) is 13.7. The summed E-state index contributed by atoms with van der Waals surface area (Å²) in [5.41, 5.74) is 3.84. The molecule has 1 saturated carbocycles. The summed E-state index contributed by atoms with van der Waals surface area (Å²) in [6.07, 6.45) is 2.49. The number of anilines is 2. The Hall–Kier alpha value is -3.10. The smallest absolute Gasteiger partial charge is 0.341 e. The molecular weight excluding hydrogens is 480 g/mol. The molecule has 1 unspecified atom stereocenters. The number of aryl methyl sites for hydroxylation is 1. The summed E-state index contributed by atoms with van der Waals surface area (Å²) >= 11 is 2.74. The average molecular weight is 509 g/mol. The van der Waals surface area contributed by atoms with E-state index in [1.54, 1.807) is 0 Å². The topological polar surface area (TPSA) is 84.5 Å². The standard InChI is InChI=1S/C27H28N2O4S2/c1-4-22(35-20-7-5-6-19(14-20)28-24(30)18-12-13-18)25(31)29-26-23(27(32)33-3)21(15-34-26)17-10-8-16(2)9-11-17/h5-11,14-15,18,22H,4,12-13H2,1-3H3,(H,28,30)(H,29,31). The Balaban J connectivity index is 1.50. The van der Waals surface area contributed by atoms with Gasteiger partial charge in [0.1, 0.15) is 10.6 Å². The zero-order chi connectivity index (χ0) is 24.9. The highest BCUT2D eigenvalue weighted by atomic mass is 32.2. The van der Waals surface area contributed by atoms with Crippen LogP contribution in [0.15, 0.2) is 58.8 Å². The van der Waals surface area contributed by atoms with Gasteiger partial charge in [-0.25, -0.2) is 4.79 Å². The third kappa shape index (κ3) is 6.13. The van der Waals surface area contributed by atoms with Crippen molar-refractivity contribution in [3.63, 3.8) is 0 Å². The maximum absolute atomic E-state index is 13.2. The summed E-state index contributed by atoms with van der Waals surface area (Å²) in [6.45, 7) is 3.95. The molecular formula is C27H28N2O4S2. The van der Waals surface area contributed by atoms with Gasteiger partial charge in [0.25, 0.3) is 0 Å². The number of hydrogen-bond acceptors (Lipinski definition) is 6. The van der Waals surface area contributed by atoms with Gasteiger partial charge in [-0.05, 0) is 49.9 Å². The van der Waals surface area contributed by atoms with Crippen LogP contribution in [0.5, 0.6) is 0 Å². The van der Waals surface area contributed by atoms with Crippen LogP contribution in [0.4, 0.5) is 10.7 Å². The molecule has 4 rings (SSSR count). The van der Waals surface area contributed by atoms with E-state index in [2.05, 4.69) is 10.6 Å².